The number of para-hydroxylation sites is 1. The summed E-state index contributed by atoms with van der Waals surface area (Å²) in [5, 5.41) is 0. The first-order chi connectivity index (χ1) is 11.7. The van der Waals surface area contributed by atoms with E-state index in [4.69, 9.17) is 4.74 Å². The predicted octanol–water partition coefficient (Wildman–Crippen LogP) is 5.24. The van der Waals surface area contributed by atoms with Gasteiger partial charge in [0.1, 0.15) is 5.75 Å². The van der Waals surface area contributed by atoms with E-state index in [1.165, 1.54) is 17.1 Å². The Morgan fingerprint density at radius 1 is 1.00 bits per heavy atom. The first kappa shape index (κ1) is 16.1. The van der Waals surface area contributed by atoms with Gasteiger partial charge in [-0.2, -0.15) is 0 Å². The molecule has 1 heterocycles. The third kappa shape index (κ3) is 3.40. The van der Waals surface area contributed by atoms with Gasteiger partial charge in [0.2, 0.25) is 0 Å². The largest absolute Gasteiger partial charge is 0.494 e. The number of aryl methyl sites for hydroxylation is 1. The van der Waals surface area contributed by atoms with Crippen molar-refractivity contribution in [1.82, 2.24) is 4.57 Å². The lowest BCUT2D eigenvalue weighted by atomic mass is 10.2. The molecule has 3 rings (SSSR count). The normalized spacial score (nSPS) is 11.1. The van der Waals surface area contributed by atoms with Crippen molar-refractivity contribution in [1.29, 1.82) is 0 Å². The minimum Gasteiger partial charge on any atom is -0.494 e. The topological polar surface area (TPSA) is 26.5 Å². The highest BCUT2D eigenvalue weighted by Gasteiger charge is 2.08. The van der Waals surface area contributed by atoms with Crippen molar-refractivity contribution < 1.29 is 4.74 Å². The van der Waals surface area contributed by atoms with Gasteiger partial charge in [-0.25, -0.2) is 0 Å². The summed E-state index contributed by atoms with van der Waals surface area (Å²) in [6, 6.07) is 20.4. The highest BCUT2D eigenvalue weighted by atomic mass is 16.5. The summed E-state index contributed by atoms with van der Waals surface area (Å²) in [5.74, 6) is 0.849. The maximum absolute atomic E-state index is 5.53. The SMILES string of the molecule is CCOc1cccc(N=Cc2cc(C)n(-c3ccccc3)c2C)c1. The monoisotopic (exact) mass is 318 g/mol. The molecule has 0 atom stereocenters. The fourth-order valence-electron chi connectivity index (χ4n) is 2.86. The Morgan fingerprint density at radius 3 is 2.54 bits per heavy atom. The van der Waals surface area contributed by atoms with Crippen LogP contribution in [0.5, 0.6) is 5.75 Å². The molecule has 1 aromatic heterocycles. The van der Waals surface area contributed by atoms with Gasteiger partial charge in [-0.05, 0) is 51.1 Å². The molecule has 0 spiro atoms. The summed E-state index contributed by atoms with van der Waals surface area (Å²) in [4.78, 5) is 4.61. The highest BCUT2D eigenvalue weighted by molar-refractivity contribution is 5.84. The van der Waals surface area contributed by atoms with Gasteiger partial charge in [-0.15, -0.1) is 0 Å². The summed E-state index contributed by atoms with van der Waals surface area (Å²) >= 11 is 0. The van der Waals surface area contributed by atoms with Crippen LogP contribution in [0, 0.1) is 13.8 Å². The van der Waals surface area contributed by atoms with Gasteiger partial charge < -0.3 is 9.30 Å². The molecular formula is C21H22N2O. The zero-order chi connectivity index (χ0) is 16.9. The number of aromatic nitrogens is 1. The molecule has 0 radical (unpaired) electrons. The maximum Gasteiger partial charge on any atom is 0.121 e. The Balaban J connectivity index is 1.90. The molecule has 2 aromatic carbocycles. The molecule has 0 bridgehead atoms. The molecule has 0 aliphatic carbocycles. The smallest absolute Gasteiger partial charge is 0.121 e. The van der Waals surface area contributed by atoms with Crippen LogP contribution in [-0.4, -0.2) is 17.4 Å². The van der Waals surface area contributed by atoms with Crippen molar-refractivity contribution >= 4 is 11.9 Å². The standard InChI is InChI=1S/C21H22N2O/c1-4-24-21-12-8-9-19(14-21)22-15-18-13-16(2)23(17(18)3)20-10-6-5-7-11-20/h5-15H,4H2,1-3H3. The lowest BCUT2D eigenvalue weighted by molar-refractivity contribution is 0.340. The number of benzene rings is 2. The van der Waals surface area contributed by atoms with Gasteiger partial charge in [0, 0.05) is 34.9 Å². The molecule has 0 unspecified atom stereocenters. The van der Waals surface area contributed by atoms with E-state index in [9.17, 15) is 0 Å². The van der Waals surface area contributed by atoms with Crippen molar-refractivity contribution in [2.75, 3.05) is 6.61 Å². The van der Waals surface area contributed by atoms with Gasteiger partial charge >= 0.3 is 0 Å². The van der Waals surface area contributed by atoms with E-state index in [-0.39, 0.29) is 0 Å². The van der Waals surface area contributed by atoms with E-state index in [1.54, 1.807) is 0 Å². The second-order valence-corrected chi connectivity index (χ2v) is 5.69. The minimum atomic E-state index is 0.658. The summed E-state index contributed by atoms with van der Waals surface area (Å²) in [5.41, 5.74) is 5.57. The number of hydrogen-bond donors (Lipinski definition) is 0. The molecular weight excluding hydrogens is 296 g/mol. The quantitative estimate of drug-likeness (QED) is 0.591. The molecule has 0 amide bonds. The molecule has 24 heavy (non-hydrogen) atoms. The number of hydrogen-bond acceptors (Lipinski definition) is 2. The lowest BCUT2D eigenvalue weighted by Gasteiger charge is -2.09. The third-order valence-electron chi connectivity index (χ3n) is 3.97. The van der Waals surface area contributed by atoms with Gasteiger partial charge in [0.15, 0.2) is 0 Å². The maximum atomic E-state index is 5.53. The molecule has 3 heteroatoms. The summed E-state index contributed by atoms with van der Waals surface area (Å²) in [6.45, 7) is 6.88. The fourth-order valence-corrected chi connectivity index (χ4v) is 2.86. The second kappa shape index (κ2) is 7.18. The number of aliphatic imine (C=N–C) groups is 1. The Kier molecular flexibility index (Phi) is 4.80. The van der Waals surface area contributed by atoms with Gasteiger partial charge in [0.25, 0.3) is 0 Å². The van der Waals surface area contributed by atoms with Crippen LogP contribution in [0.1, 0.15) is 23.9 Å². The minimum absolute atomic E-state index is 0.658. The number of nitrogens with zero attached hydrogens (tertiary/aromatic N) is 2. The van der Waals surface area contributed by atoms with Crippen LogP contribution in [0.15, 0.2) is 65.7 Å². The number of ether oxygens (including phenoxy) is 1. The third-order valence-corrected chi connectivity index (χ3v) is 3.97. The van der Waals surface area contributed by atoms with Crippen LogP contribution in [0.4, 0.5) is 5.69 Å². The van der Waals surface area contributed by atoms with Crippen LogP contribution in [0.2, 0.25) is 0 Å². The van der Waals surface area contributed by atoms with Crippen LogP contribution in [0.25, 0.3) is 5.69 Å². The Hall–Kier alpha value is -2.81. The molecule has 3 nitrogen and oxygen atoms in total. The summed E-state index contributed by atoms with van der Waals surface area (Å²) in [7, 11) is 0. The molecule has 0 aliphatic rings. The van der Waals surface area contributed by atoms with Crippen molar-refractivity contribution in [3.05, 3.63) is 77.6 Å². The van der Waals surface area contributed by atoms with Crippen molar-refractivity contribution in [3.63, 3.8) is 0 Å². The van der Waals surface area contributed by atoms with Gasteiger partial charge in [-0.3, -0.25) is 4.99 Å². The van der Waals surface area contributed by atoms with Gasteiger partial charge in [-0.1, -0.05) is 24.3 Å². The average Bonchev–Trinajstić information content (AvgIpc) is 2.88. The van der Waals surface area contributed by atoms with Crippen LogP contribution < -0.4 is 4.74 Å². The molecule has 0 aliphatic heterocycles. The average molecular weight is 318 g/mol. The van der Waals surface area contributed by atoms with Crippen LogP contribution >= 0.6 is 0 Å². The van der Waals surface area contributed by atoms with Crippen molar-refractivity contribution in [3.8, 4) is 11.4 Å². The van der Waals surface area contributed by atoms with E-state index in [0.717, 1.165) is 17.0 Å². The summed E-state index contributed by atoms with van der Waals surface area (Å²) < 4.78 is 7.77. The summed E-state index contributed by atoms with van der Waals surface area (Å²) in [6.07, 6.45) is 1.92. The Labute approximate surface area is 143 Å². The second-order valence-electron chi connectivity index (χ2n) is 5.69. The van der Waals surface area contributed by atoms with E-state index in [0.29, 0.717) is 6.61 Å². The Bertz CT molecular complexity index is 848. The van der Waals surface area contributed by atoms with E-state index in [1.807, 2.05) is 43.5 Å². The fraction of sp³-hybridized carbons (Fsp3) is 0.190. The first-order valence-corrected chi connectivity index (χ1v) is 8.20. The zero-order valence-corrected chi connectivity index (χ0v) is 14.4. The molecule has 3 aromatic rings. The van der Waals surface area contributed by atoms with Gasteiger partial charge in [0.05, 0.1) is 12.3 Å². The highest BCUT2D eigenvalue weighted by Crippen LogP contribution is 2.22. The van der Waals surface area contributed by atoms with Crippen LogP contribution in [-0.2, 0) is 0 Å². The molecule has 0 saturated carbocycles. The molecule has 0 saturated heterocycles. The van der Waals surface area contributed by atoms with Crippen LogP contribution in [0.3, 0.4) is 0 Å². The van der Waals surface area contributed by atoms with E-state index in [2.05, 4.69) is 53.7 Å². The molecule has 0 N–H and O–H groups in total. The lowest BCUT2D eigenvalue weighted by Crippen LogP contribution is -1.99. The predicted molar refractivity (Wildman–Crippen MR) is 100 cm³/mol. The van der Waals surface area contributed by atoms with E-state index < -0.39 is 0 Å². The molecule has 0 fully saturated rings. The zero-order valence-electron chi connectivity index (χ0n) is 14.4. The first-order valence-electron chi connectivity index (χ1n) is 8.20. The number of rotatable bonds is 5. The van der Waals surface area contributed by atoms with Crippen molar-refractivity contribution in [2.45, 2.75) is 20.8 Å². The van der Waals surface area contributed by atoms with E-state index >= 15 is 0 Å². The molecule has 122 valence electrons. The Morgan fingerprint density at radius 2 is 1.79 bits per heavy atom. The van der Waals surface area contributed by atoms with Crippen molar-refractivity contribution in [2.24, 2.45) is 4.99 Å².